The molecule has 0 aliphatic rings. The highest BCUT2D eigenvalue weighted by atomic mass is 35.5. The van der Waals surface area contributed by atoms with Crippen LogP contribution in [0.1, 0.15) is 38.7 Å². The number of aryl methyl sites for hydroxylation is 1. The number of benzene rings is 1. The van der Waals surface area contributed by atoms with Gasteiger partial charge in [-0.3, -0.25) is 4.79 Å². The first-order chi connectivity index (χ1) is 8.65. The summed E-state index contributed by atoms with van der Waals surface area (Å²) in [5, 5.41) is 3.09. The fourth-order valence-electron chi connectivity index (χ4n) is 2.03. The van der Waals surface area contributed by atoms with Gasteiger partial charge >= 0.3 is 0 Å². The van der Waals surface area contributed by atoms with E-state index < -0.39 is 0 Å². The molecular weight excluding hydrogens is 260 g/mol. The predicted octanol–water partition coefficient (Wildman–Crippen LogP) is 2.67. The summed E-state index contributed by atoms with van der Waals surface area (Å²) in [4.78, 5) is 11.9. The van der Waals surface area contributed by atoms with Crippen molar-refractivity contribution in [3.05, 3.63) is 35.9 Å². The van der Waals surface area contributed by atoms with Crippen LogP contribution in [0.2, 0.25) is 0 Å². The second-order valence-corrected chi connectivity index (χ2v) is 4.73. The summed E-state index contributed by atoms with van der Waals surface area (Å²) in [6.45, 7) is 4.62. The molecule has 0 aliphatic carbocycles. The van der Waals surface area contributed by atoms with E-state index in [-0.39, 0.29) is 23.9 Å². The van der Waals surface area contributed by atoms with Gasteiger partial charge in [0.05, 0.1) is 5.54 Å². The molecule has 1 amide bonds. The van der Waals surface area contributed by atoms with Crippen molar-refractivity contribution in [3.8, 4) is 0 Å². The molecule has 0 spiro atoms. The fourth-order valence-corrected chi connectivity index (χ4v) is 2.03. The normalized spacial score (nSPS) is 10.7. The molecule has 0 saturated carbocycles. The van der Waals surface area contributed by atoms with E-state index in [1.165, 1.54) is 5.56 Å². The quantitative estimate of drug-likeness (QED) is 0.809. The third-order valence-corrected chi connectivity index (χ3v) is 3.63. The molecule has 0 atom stereocenters. The van der Waals surface area contributed by atoms with Gasteiger partial charge in [0, 0.05) is 13.0 Å². The summed E-state index contributed by atoms with van der Waals surface area (Å²) in [6.07, 6.45) is 3.04. The van der Waals surface area contributed by atoms with Crippen molar-refractivity contribution in [1.29, 1.82) is 0 Å². The standard InChI is InChI=1S/C15H24N2O.ClH/c1-3-15(4-2,12-16)17-14(18)11-10-13-8-6-5-7-9-13;/h5-9H,3-4,10-12,16H2,1-2H3,(H,17,18);1H. The Morgan fingerprint density at radius 1 is 1.21 bits per heavy atom. The summed E-state index contributed by atoms with van der Waals surface area (Å²) in [6, 6.07) is 10.1. The molecule has 0 unspecified atom stereocenters. The molecule has 1 aromatic rings. The van der Waals surface area contributed by atoms with Crippen LogP contribution < -0.4 is 11.1 Å². The van der Waals surface area contributed by atoms with Gasteiger partial charge in [0.1, 0.15) is 0 Å². The van der Waals surface area contributed by atoms with Crippen LogP contribution >= 0.6 is 12.4 Å². The van der Waals surface area contributed by atoms with Gasteiger partial charge in [-0.25, -0.2) is 0 Å². The molecule has 1 rings (SSSR count). The Morgan fingerprint density at radius 3 is 2.26 bits per heavy atom. The SMILES string of the molecule is CCC(CC)(CN)NC(=O)CCc1ccccc1.Cl. The second-order valence-electron chi connectivity index (χ2n) is 4.73. The van der Waals surface area contributed by atoms with Gasteiger partial charge in [-0.15, -0.1) is 12.4 Å². The second kappa shape index (κ2) is 8.94. The Labute approximate surface area is 122 Å². The number of nitrogens with two attached hydrogens (primary N) is 1. The number of nitrogens with one attached hydrogen (secondary N) is 1. The van der Waals surface area contributed by atoms with E-state index in [1.807, 2.05) is 30.3 Å². The van der Waals surface area contributed by atoms with E-state index in [0.29, 0.717) is 13.0 Å². The van der Waals surface area contributed by atoms with Crippen molar-refractivity contribution in [2.24, 2.45) is 5.73 Å². The van der Waals surface area contributed by atoms with E-state index >= 15 is 0 Å². The molecule has 0 fully saturated rings. The first kappa shape index (κ1) is 17.9. The first-order valence-electron chi connectivity index (χ1n) is 6.71. The molecule has 3 nitrogen and oxygen atoms in total. The third-order valence-electron chi connectivity index (χ3n) is 3.63. The maximum atomic E-state index is 11.9. The number of halogens is 1. The van der Waals surface area contributed by atoms with Crippen LogP contribution in [-0.2, 0) is 11.2 Å². The summed E-state index contributed by atoms with van der Waals surface area (Å²) in [5.74, 6) is 0.0907. The van der Waals surface area contributed by atoms with Crippen molar-refractivity contribution in [3.63, 3.8) is 0 Å². The number of rotatable bonds is 7. The lowest BCUT2D eigenvalue weighted by molar-refractivity contribution is -0.123. The maximum absolute atomic E-state index is 11.9. The van der Waals surface area contributed by atoms with Gasteiger partial charge in [0.2, 0.25) is 5.91 Å². The molecule has 0 aromatic heterocycles. The van der Waals surface area contributed by atoms with Gasteiger partial charge in [0.25, 0.3) is 0 Å². The van der Waals surface area contributed by atoms with E-state index in [9.17, 15) is 4.79 Å². The third kappa shape index (κ3) is 5.62. The van der Waals surface area contributed by atoms with Crippen molar-refractivity contribution in [2.45, 2.75) is 45.1 Å². The number of hydrogen-bond donors (Lipinski definition) is 2. The van der Waals surface area contributed by atoms with Gasteiger partial charge in [0.15, 0.2) is 0 Å². The van der Waals surface area contributed by atoms with E-state index in [1.54, 1.807) is 0 Å². The summed E-state index contributed by atoms with van der Waals surface area (Å²) in [5.41, 5.74) is 6.73. The Kier molecular flexibility index (Phi) is 8.44. The van der Waals surface area contributed by atoms with E-state index in [2.05, 4.69) is 19.2 Å². The zero-order valence-corrected chi connectivity index (χ0v) is 12.6. The lowest BCUT2D eigenvalue weighted by atomic mass is 9.92. The highest BCUT2D eigenvalue weighted by Gasteiger charge is 2.25. The van der Waals surface area contributed by atoms with Crippen molar-refractivity contribution >= 4 is 18.3 Å². The minimum absolute atomic E-state index is 0. The zero-order valence-electron chi connectivity index (χ0n) is 11.8. The molecule has 0 saturated heterocycles. The van der Waals surface area contributed by atoms with Gasteiger partial charge in [-0.1, -0.05) is 44.2 Å². The Balaban J connectivity index is 0.00000324. The van der Waals surface area contributed by atoms with Gasteiger partial charge < -0.3 is 11.1 Å². The molecule has 4 heteroatoms. The highest BCUT2D eigenvalue weighted by molar-refractivity contribution is 5.85. The first-order valence-corrected chi connectivity index (χ1v) is 6.71. The number of carbonyl (C=O) groups is 1. The fraction of sp³-hybridized carbons (Fsp3) is 0.533. The Morgan fingerprint density at radius 2 is 1.79 bits per heavy atom. The molecule has 108 valence electrons. The van der Waals surface area contributed by atoms with Crippen molar-refractivity contribution in [1.82, 2.24) is 5.32 Å². The van der Waals surface area contributed by atoms with Gasteiger partial charge in [-0.05, 0) is 24.8 Å². The average molecular weight is 285 g/mol. The number of hydrogen-bond acceptors (Lipinski definition) is 2. The zero-order chi connectivity index (χ0) is 13.4. The van der Waals surface area contributed by atoms with Crippen molar-refractivity contribution < 1.29 is 4.79 Å². The highest BCUT2D eigenvalue weighted by Crippen LogP contribution is 2.13. The largest absolute Gasteiger partial charge is 0.349 e. The average Bonchev–Trinajstić information content (AvgIpc) is 2.44. The van der Waals surface area contributed by atoms with Crippen LogP contribution in [0.15, 0.2) is 30.3 Å². The molecule has 0 heterocycles. The van der Waals surface area contributed by atoms with Crippen LogP contribution in [0.4, 0.5) is 0 Å². The molecule has 1 aromatic carbocycles. The molecular formula is C15H25ClN2O. The van der Waals surface area contributed by atoms with Crippen LogP contribution in [0.3, 0.4) is 0 Å². The predicted molar refractivity (Wildman–Crippen MR) is 82.5 cm³/mol. The Bertz CT molecular complexity index is 355. The smallest absolute Gasteiger partial charge is 0.220 e. The van der Waals surface area contributed by atoms with Crippen LogP contribution in [0.25, 0.3) is 0 Å². The molecule has 3 N–H and O–H groups in total. The van der Waals surface area contributed by atoms with Crippen LogP contribution in [0.5, 0.6) is 0 Å². The topological polar surface area (TPSA) is 55.1 Å². The molecule has 0 bridgehead atoms. The summed E-state index contributed by atoms with van der Waals surface area (Å²) in [7, 11) is 0. The van der Waals surface area contributed by atoms with Crippen LogP contribution in [-0.4, -0.2) is 18.0 Å². The Hall–Kier alpha value is -1.06. The molecule has 0 aliphatic heterocycles. The number of amides is 1. The minimum atomic E-state index is -0.228. The van der Waals surface area contributed by atoms with E-state index in [4.69, 9.17) is 5.73 Å². The molecule has 0 radical (unpaired) electrons. The molecule has 19 heavy (non-hydrogen) atoms. The van der Waals surface area contributed by atoms with Gasteiger partial charge in [-0.2, -0.15) is 0 Å². The lowest BCUT2D eigenvalue weighted by Crippen LogP contribution is -2.52. The van der Waals surface area contributed by atoms with Crippen molar-refractivity contribution in [2.75, 3.05) is 6.54 Å². The number of carbonyl (C=O) groups excluding carboxylic acids is 1. The summed E-state index contributed by atoms with van der Waals surface area (Å²) < 4.78 is 0. The monoisotopic (exact) mass is 284 g/mol. The van der Waals surface area contributed by atoms with Crippen LogP contribution in [0, 0.1) is 0 Å². The minimum Gasteiger partial charge on any atom is -0.349 e. The maximum Gasteiger partial charge on any atom is 0.220 e. The van der Waals surface area contributed by atoms with E-state index in [0.717, 1.165) is 19.3 Å². The lowest BCUT2D eigenvalue weighted by Gasteiger charge is -2.31. The summed E-state index contributed by atoms with van der Waals surface area (Å²) >= 11 is 0.